The van der Waals surface area contributed by atoms with Gasteiger partial charge in [0.25, 0.3) is 0 Å². The molecule has 1 rings (SSSR count). The minimum atomic E-state index is -0.666. The molecule has 7 nitrogen and oxygen atoms in total. The standard InChI is InChI=1S/C12H18N4O3/c1-19-6-5-10(13)11(17)15-8-3-2-4-9(7-8)16-12(14)18/h2-4,7,10H,5-6,13H2,1H3,(H,15,17)(H3,14,16,18). The van der Waals surface area contributed by atoms with E-state index in [4.69, 9.17) is 16.2 Å². The van der Waals surface area contributed by atoms with Crippen molar-refractivity contribution in [3.63, 3.8) is 0 Å². The molecule has 0 aliphatic rings. The van der Waals surface area contributed by atoms with Gasteiger partial charge in [0.2, 0.25) is 5.91 Å². The van der Waals surface area contributed by atoms with E-state index >= 15 is 0 Å². The van der Waals surface area contributed by atoms with Crippen LogP contribution in [0.2, 0.25) is 0 Å². The summed E-state index contributed by atoms with van der Waals surface area (Å²) in [6.45, 7) is 0.415. The van der Waals surface area contributed by atoms with Crippen LogP contribution in [0.5, 0.6) is 0 Å². The van der Waals surface area contributed by atoms with E-state index in [-0.39, 0.29) is 5.91 Å². The Morgan fingerprint density at radius 1 is 1.32 bits per heavy atom. The van der Waals surface area contributed by atoms with Gasteiger partial charge in [-0.2, -0.15) is 0 Å². The molecule has 104 valence electrons. The highest BCUT2D eigenvalue weighted by atomic mass is 16.5. The van der Waals surface area contributed by atoms with Crippen LogP contribution >= 0.6 is 0 Å². The first-order valence-corrected chi connectivity index (χ1v) is 5.75. The highest BCUT2D eigenvalue weighted by molar-refractivity contribution is 5.95. The first-order valence-electron chi connectivity index (χ1n) is 5.75. The van der Waals surface area contributed by atoms with E-state index in [0.29, 0.717) is 24.4 Å². The molecule has 0 aliphatic heterocycles. The quantitative estimate of drug-likeness (QED) is 0.598. The van der Waals surface area contributed by atoms with Crippen molar-refractivity contribution < 1.29 is 14.3 Å². The molecule has 0 saturated carbocycles. The number of ether oxygens (including phenoxy) is 1. The number of anilines is 2. The van der Waals surface area contributed by atoms with Crippen molar-refractivity contribution in [2.75, 3.05) is 24.4 Å². The predicted octanol–water partition coefficient (Wildman–Crippen LogP) is 0.479. The van der Waals surface area contributed by atoms with Crippen LogP contribution in [0.1, 0.15) is 6.42 Å². The number of primary amides is 1. The Labute approximate surface area is 111 Å². The van der Waals surface area contributed by atoms with Crippen LogP contribution in [0.4, 0.5) is 16.2 Å². The minimum Gasteiger partial charge on any atom is -0.385 e. The Balaban J connectivity index is 2.61. The normalized spacial score (nSPS) is 11.7. The Morgan fingerprint density at radius 3 is 2.53 bits per heavy atom. The Morgan fingerprint density at radius 2 is 1.95 bits per heavy atom. The van der Waals surface area contributed by atoms with E-state index in [9.17, 15) is 9.59 Å². The summed E-state index contributed by atoms with van der Waals surface area (Å²) in [7, 11) is 1.55. The Hall–Kier alpha value is -2.12. The lowest BCUT2D eigenvalue weighted by Crippen LogP contribution is -2.36. The summed E-state index contributed by atoms with van der Waals surface area (Å²) < 4.78 is 4.85. The van der Waals surface area contributed by atoms with E-state index < -0.39 is 12.1 Å². The number of urea groups is 1. The first kappa shape index (κ1) is 14.9. The summed E-state index contributed by atoms with van der Waals surface area (Å²) in [5.74, 6) is -0.312. The van der Waals surface area contributed by atoms with E-state index in [2.05, 4.69) is 10.6 Å². The molecule has 0 fully saturated rings. The van der Waals surface area contributed by atoms with Gasteiger partial charge in [0, 0.05) is 25.1 Å². The lowest BCUT2D eigenvalue weighted by atomic mass is 10.2. The van der Waals surface area contributed by atoms with Gasteiger partial charge in [-0.3, -0.25) is 4.79 Å². The van der Waals surface area contributed by atoms with E-state index in [1.807, 2.05) is 0 Å². The fourth-order valence-electron chi connectivity index (χ4n) is 1.43. The molecule has 1 aromatic carbocycles. The van der Waals surface area contributed by atoms with Crippen molar-refractivity contribution in [1.82, 2.24) is 0 Å². The number of carbonyl (C=O) groups is 2. The molecule has 0 saturated heterocycles. The van der Waals surface area contributed by atoms with E-state index in [1.54, 1.807) is 31.4 Å². The van der Waals surface area contributed by atoms with E-state index in [1.165, 1.54) is 0 Å². The number of nitrogens with one attached hydrogen (secondary N) is 2. The summed E-state index contributed by atoms with van der Waals surface area (Å²) in [6, 6.07) is 5.30. The SMILES string of the molecule is COCCC(N)C(=O)Nc1cccc(NC(N)=O)c1. The molecule has 0 radical (unpaired) electrons. The molecule has 0 bridgehead atoms. The molecule has 1 atom stereocenters. The highest BCUT2D eigenvalue weighted by Crippen LogP contribution is 2.15. The molecule has 3 amide bonds. The minimum absolute atomic E-state index is 0.312. The van der Waals surface area contributed by atoms with Crippen LogP contribution in [-0.2, 0) is 9.53 Å². The number of hydrogen-bond acceptors (Lipinski definition) is 4. The van der Waals surface area contributed by atoms with Crippen LogP contribution in [0.3, 0.4) is 0 Å². The van der Waals surface area contributed by atoms with Gasteiger partial charge < -0.3 is 26.8 Å². The van der Waals surface area contributed by atoms with Gasteiger partial charge in [0.15, 0.2) is 0 Å². The third-order valence-electron chi connectivity index (χ3n) is 2.37. The van der Waals surface area contributed by atoms with Gasteiger partial charge in [0.1, 0.15) is 0 Å². The maximum atomic E-state index is 11.7. The fraction of sp³-hybridized carbons (Fsp3) is 0.333. The van der Waals surface area contributed by atoms with Crippen molar-refractivity contribution in [1.29, 1.82) is 0 Å². The molecule has 1 aromatic rings. The second kappa shape index (κ2) is 7.34. The van der Waals surface area contributed by atoms with Crippen molar-refractivity contribution in [2.24, 2.45) is 11.5 Å². The number of hydrogen-bond donors (Lipinski definition) is 4. The molecular weight excluding hydrogens is 248 g/mol. The van der Waals surface area contributed by atoms with Crippen LogP contribution in [-0.4, -0.2) is 31.7 Å². The van der Waals surface area contributed by atoms with Crippen molar-refractivity contribution in [2.45, 2.75) is 12.5 Å². The van der Waals surface area contributed by atoms with Crippen molar-refractivity contribution >= 4 is 23.3 Å². The molecule has 1 unspecified atom stereocenters. The number of methoxy groups -OCH3 is 1. The second-order valence-corrected chi connectivity index (χ2v) is 3.95. The third-order valence-corrected chi connectivity index (χ3v) is 2.37. The van der Waals surface area contributed by atoms with Crippen molar-refractivity contribution in [3.05, 3.63) is 24.3 Å². The van der Waals surface area contributed by atoms with Crippen LogP contribution in [0.15, 0.2) is 24.3 Å². The summed E-state index contributed by atoms with van der Waals surface area (Å²) >= 11 is 0. The number of nitrogens with two attached hydrogens (primary N) is 2. The molecule has 6 N–H and O–H groups in total. The first-order chi connectivity index (χ1) is 9.02. The topological polar surface area (TPSA) is 119 Å². The Kier molecular flexibility index (Phi) is 5.77. The van der Waals surface area contributed by atoms with Crippen LogP contribution in [0, 0.1) is 0 Å². The monoisotopic (exact) mass is 266 g/mol. The van der Waals surface area contributed by atoms with Crippen LogP contribution in [0.25, 0.3) is 0 Å². The number of rotatable bonds is 6. The summed E-state index contributed by atoms with van der Waals surface area (Å²) in [5, 5.41) is 5.07. The molecule has 0 aromatic heterocycles. The summed E-state index contributed by atoms with van der Waals surface area (Å²) in [5.41, 5.74) is 11.7. The van der Waals surface area contributed by atoms with Crippen LogP contribution < -0.4 is 22.1 Å². The highest BCUT2D eigenvalue weighted by Gasteiger charge is 2.13. The molecule has 0 heterocycles. The predicted molar refractivity (Wildman–Crippen MR) is 72.7 cm³/mol. The maximum absolute atomic E-state index is 11.7. The molecular formula is C12H18N4O3. The van der Waals surface area contributed by atoms with Gasteiger partial charge in [-0.15, -0.1) is 0 Å². The molecule has 19 heavy (non-hydrogen) atoms. The zero-order valence-electron chi connectivity index (χ0n) is 10.7. The average molecular weight is 266 g/mol. The molecule has 7 heteroatoms. The smallest absolute Gasteiger partial charge is 0.316 e. The number of carbonyl (C=O) groups excluding carboxylic acids is 2. The van der Waals surface area contributed by atoms with E-state index in [0.717, 1.165) is 0 Å². The molecule has 0 spiro atoms. The largest absolute Gasteiger partial charge is 0.385 e. The fourth-order valence-corrected chi connectivity index (χ4v) is 1.43. The van der Waals surface area contributed by atoms with Gasteiger partial charge >= 0.3 is 6.03 Å². The zero-order valence-corrected chi connectivity index (χ0v) is 10.7. The van der Waals surface area contributed by atoms with Crippen molar-refractivity contribution in [3.8, 4) is 0 Å². The van der Waals surface area contributed by atoms with Gasteiger partial charge in [0.05, 0.1) is 6.04 Å². The lowest BCUT2D eigenvalue weighted by Gasteiger charge is -2.12. The van der Waals surface area contributed by atoms with Gasteiger partial charge in [-0.25, -0.2) is 4.79 Å². The number of amides is 3. The van der Waals surface area contributed by atoms with Gasteiger partial charge in [-0.1, -0.05) is 6.07 Å². The molecule has 0 aliphatic carbocycles. The zero-order chi connectivity index (χ0) is 14.3. The number of benzene rings is 1. The Bertz CT molecular complexity index is 450. The third kappa shape index (κ3) is 5.36. The summed E-state index contributed by atoms with van der Waals surface area (Å²) in [6.07, 6.45) is 0.432. The average Bonchev–Trinajstić information content (AvgIpc) is 2.35. The maximum Gasteiger partial charge on any atom is 0.316 e. The summed E-state index contributed by atoms with van der Waals surface area (Å²) in [4.78, 5) is 22.5. The second-order valence-electron chi connectivity index (χ2n) is 3.95. The lowest BCUT2D eigenvalue weighted by molar-refractivity contribution is -0.117. The van der Waals surface area contributed by atoms with Gasteiger partial charge in [-0.05, 0) is 24.6 Å².